The summed E-state index contributed by atoms with van der Waals surface area (Å²) in [7, 11) is 1.66. The van der Waals surface area contributed by atoms with Gasteiger partial charge in [0, 0.05) is 50.0 Å². The van der Waals surface area contributed by atoms with Crippen molar-refractivity contribution in [3.63, 3.8) is 0 Å². The van der Waals surface area contributed by atoms with Crippen molar-refractivity contribution in [1.82, 2.24) is 9.80 Å². The molecule has 0 saturated carbocycles. The number of hydrogen-bond acceptors (Lipinski definition) is 4. The van der Waals surface area contributed by atoms with E-state index in [9.17, 15) is 9.59 Å². The average Bonchev–Trinajstić information content (AvgIpc) is 3.21. The highest BCUT2D eigenvalue weighted by Crippen LogP contribution is 2.33. The maximum Gasteiger partial charge on any atom is 0.255 e. The molecule has 0 unspecified atom stereocenters. The molecule has 3 aromatic carbocycles. The number of nitrogens with zero attached hydrogens (tertiary/aromatic N) is 3. The molecule has 0 N–H and O–H groups in total. The number of carbonyl (C=O) groups is 2. The number of hydrogen-bond donors (Lipinski definition) is 0. The molecule has 33 heavy (non-hydrogen) atoms. The minimum Gasteiger partial charge on any atom is -0.497 e. The monoisotopic (exact) mass is 441 g/mol. The van der Waals surface area contributed by atoms with Crippen molar-refractivity contribution in [2.45, 2.75) is 12.6 Å². The first kappa shape index (κ1) is 21.1. The summed E-state index contributed by atoms with van der Waals surface area (Å²) in [5, 5.41) is 0. The lowest BCUT2D eigenvalue weighted by Crippen LogP contribution is -2.52. The number of ether oxygens (including phenoxy) is 1. The van der Waals surface area contributed by atoms with E-state index in [4.69, 9.17) is 4.74 Å². The van der Waals surface area contributed by atoms with E-state index in [1.54, 1.807) is 12.0 Å². The SMILES string of the molecule is COc1cccc(N2CCN(C(=O)[C@@H](c3ccccc3)N3Cc4ccccc4C3=O)CC2)c1. The minimum absolute atomic E-state index is 0.0207. The lowest BCUT2D eigenvalue weighted by Gasteiger charge is -2.39. The molecule has 2 heterocycles. The summed E-state index contributed by atoms with van der Waals surface area (Å²) in [6.45, 7) is 3.12. The Hall–Kier alpha value is -3.80. The van der Waals surface area contributed by atoms with Crippen LogP contribution in [0.15, 0.2) is 78.9 Å². The lowest BCUT2D eigenvalue weighted by molar-refractivity contribution is -0.136. The molecule has 0 bridgehead atoms. The van der Waals surface area contributed by atoms with Gasteiger partial charge in [-0.25, -0.2) is 0 Å². The summed E-state index contributed by atoms with van der Waals surface area (Å²) in [5.41, 5.74) is 3.60. The molecular formula is C27H27N3O3. The second kappa shape index (κ2) is 8.98. The van der Waals surface area contributed by atoms with Crippen LogP contribution in [0.25, 0.3) is 0 Å². The number of fused-ring (bicyclic) bond motifs is 1. The van der Waals surface area contributed by atoms with E-state index in [-0.39, 0.29) is 11.8 Å². The van der Waals surface area contributed by atoms with Crippen molar-refractivity contribution < 1.29 is 14.3 Å². The van der Waals surface area contributed by atoms with Crippen LogP contribution in [0, 0.1) is 0 Å². The van der Waals surface area contributed by atoms with E-state index in [0.29, 0.717) is 25.2 Å². The molecule has 0 aromatic heterocycles. The predicted molar refractivity (Wildman–Crippen MR) is 127 cm³/mol. The molecule has 6 heteroatoms. The van der Waals surface area contributed by atoms with E-state index in [2.05, 4.69) is 11.0 Å². The largest absolute Gasteiger partial charge is 0.497 e. The van der Waals surface area contributed by atoms with E-state index < -0.39 is 6.04 Å². The molecule has 1 fully saturated rings. The molecule has 0 radical (unpaired) electrons. The van der Waals surface area contributed by atoms with Gasteiger partial charge in [0.2, 0.25) is 5.91 Å². The van der Waals surface area contributed by atoms with Crippen molar-refractivity contribution in [3.8, 4) is 5.75 Å². The summed E-state index contributed by atoms with van der Waals surface area (Å²) in [5.74, 6) is 0.720. The Morgan fingerprint density at radius 3 is 2.33 bits per heavy atom. The summed E-state index contributed by atoms with van der Waals surface area (Å²) in [6.07, 6.45) is 0. The number of anilines is 1. The van der Waals surface area contributed by atoms with E-state index in [1.807, 2.05) is 77.7 Å². The quantitative estimate of drug-likeness (QED) is 0.605. The Kier molecular flexibility index (Phi) is 5.73. The van der Waals surface area contributed by atoms with Gasteiger partial charge in [-0.3, -0.25) is 9.59 Å². The predicted octanol–water partition coefficient (Wildman–Crippen LogP) is 3.74. The number of carbonyl (C=O) groups excluding carboxylic acids is 2. The first-order chi connectivity index (χ1) is 16.2. The third kappa shape index (κ3) is 4.04. The van der Waals surface area contributed by atoms with Crippen molar-refractivity contribution in [3.05, 3.63) is 95.6 Å². The van der Waals surface area contributed by atoms with Gasteiger partial charge < -0.3 is 19.4 Å². The van der Waals surface area contributed by atoms with Crippen LogP contribution < -0.4 is 9.64 Å². The van der Waals surface area contributed by atoms with Gasteiger partial charge in [-0.15, -0.1) is 0 Å². The molecular weight excluding hydrogens is 414 g/mol. The van der Waals surface area contributed by atoms with Gasteiger partial charge in [0.1, 0.15) is 11.8 Å². The fourth-order valence-electron chi connectivity index (χ4n) is 4.74. The van der Waals surface area contributed by atoms with Crippen molar-refractivity contribution in [2.75, 3.05) is 38.2 Å². The fourth-order valence-corrected chi connectivity index (χ4v) is 4.74. The van der Waals surface area contributed by atoms with Crippen LogP contribution >= 0.6 is 0 Å². The number of benzene rings is 3. The second-order valence-electron chi connectivity index (χ2n) is 8.42. The zero-order chi connectivity index (χ0) is 22.8. The summed E-state index contributed by atoms with van der Waals surface area (Å²) in [6, 6.07) is 24.6. The Balaban J connectivity index is 1.36. The number of amides is 2. The van der Waals surface area contributed by atoms with Gasteiger partial charge >= 0.3 is 0 Å². The lowest BCUT2D eigenvalue weighted by atomic mass is 10.0. The van der Waals surface area contributed by atoms with E-state index in [0.717, 1.165) is 35.7 Å². The van der Waals surface area contributed by atoms with Gasteiger partial charge in [0.05, 0.1) is 7.11 Å². The zero-order valence-corrected chi connectivity index (χ0v) is 18.7. The molecule has 0 aliphatic carbocycles. The van der Waals surface area contributed by atoms with E-state index >= 15 is 0 Å². The van der Waals surface area contributed by atoms with Gasteiger partial charge in [-0.1, -0.05) is 54.6 Å². The summed E-state index contributed by atoms with van der Waals surface area (Å²) < 4.78 is 5.35. The molecule has 2 amide bonds. The van der Waals surface area contributed by atoms with Gasteiger partial charge in [-0.2, -0.15) is 0 Å². The minimum atomic E-state index is -0.630. The maximum atomic E-state index is 13.8. The molecule has 3 aromatic rings. The Bertz CT molecular complexity index is 1160. The molecule has 2 aliphatic rings. The molecule has 5 rings (SSSR count). The van der Waals surface area contributed by atoms with Crippen LogP contribution in [0.5, 0.6) is 5.75 Å². The van der Waals surface area contributed by atoms with Crippen LogP contribution in [0.1, 0.15) is 27.5 Å². The first-order valence-corrected chi connectivity index (χ1v) is 11.3. The second-order valence-corrected chi connectivity index (χ2v) is 8.42. The molecule has 2 aliphatic heterocycles. The van der Waals surface area contributed by atoms with E-state index in [1.165, 1.54) is 0 Å². The van der Waals surface area contributed by atoms with Crippen LogP contribution in [0.2, 0.25) is 0 Å². The van der Waals surface area contributed by atoms with Gasteiger partial charge in [0.25, 0.3) is 5.91 Å². The Morgan fingerprint density at radius 1 is 0.879 bits per heavy atom. The standard InChI is InChI=1S/C27H27N3O3/c1-33-23-12-7-11-22(18-23)28-14-16-29(17-15-28)27(32)25(20-8-3-2-4-9-20)30-19-21-10-5-6-13-24(21)26(30)31/h2-13,18,25H,14-17,19H2,1H3/t25-/m1/s1. The van der Waals surface area contributed by atoms with Crippen LogP contribution in [0.3, 0.4) is 0 Å². The highest BCUT2D eigenvalue weighted by molar-refractivity contribution is 6.01. The first-order valence-electron chi connectivity index (χ1n) is 11.3. The Labute approximate surface area is 194 Å². The van der Waals surface area contributed by atoms with Gasteiger partial charge in [0.15, 0.2) is 0 Å². The number of rotatable bonds is 5. The summed E-state index contributed by atoms with van der Waals surface area (Å²) >= 11 is 0. The van der Waals surface area contributed by atoms with Crippen molar-refractivity contribution in [1.29, 1.82) is 0 Å². The number of methoxy groups -OCH3 is 1. The molecule has 6 nitrogen and oxygen atoms in total. The molecule has 0 spiro atoms. The average molecular weight is 442 g/mol. The van der Waals surface area contributed by atoms with Crippen molar-refractivity contribution >= 4 is 17.5 Å². The molecule has 1 atom stereocenters. The highest BCUT2D eigenvalue weighted by Gasteiger charge is 2.39. The molecule has 1 saturated heterocycles. The third-order valence-electron chi connectivity index (χ3n) is 6.52. The van der Waals surface area contributed by atoms with Crippen molar-refractivity contribution in [2.24, 2.45) is 0 Å². The normalized spacial score (nSPS) is 16.5. The smallest absolute Gasteiger partial charge is 0.255 e. The maximum absolute atomic E-state index is 13.8. The Morgan fingerprint density at radius 2 is 1.61 bits per heavy atom. The topological polar surface area (TPSA) is 53.1 Å². The van der Waals surface area contributed by atoms with Crippen LogP contribution in [-0.2, 0) is 11.3 Å². The molecule has 168 valence electrons. The number of piperazine rings is 1. The summed E-state index contributed by atoms with van der Waals surface area (Å²) in [4.78, 5) is 32.9. The highest BCUT2D eigenvalue weighted by atomic mass is 16.5. The zero-order valence-electron chi connectivity index (χ0n) is 18.7. The third-order valence-corrected chi connectivity index (χ3v) is 6.52. The van der Waals surface area contributed by atoms with Crippen LogP contribution in [0.4, 0.5) is 5.69 Å². The van der Waals surface area contributed by atoms with Crippen LogP contribution in [-0.4, -0.2) is 54.9 Å². The fraction of sp³-hybridized carbons (Fsp3) is 0.259. The van der Waals surface area contributed by atoms with Gasteiger partial charge in [-0.05, 0) is 29.3 Å².